The van der Waals surface area contributed by atoms with Gasteiger partial charge < -0.3 is 4.90 Å². The van der Waals surface area contributed by atoms with E-state index in [2.05, 4.69) is 11.7 Å². The van der Waals surface area contributed by atoms with Gasteiger partial charge in [0.25, 0.3) is 5.91 Å². The summed E-state index contributed by atoms with van der Waals surface area (Å²) in [5.41, 5.74) is 0.404. The van der Waals surface area contributed by atoms with Crippen LogP contribution in [-0.2, 0) is 0 Å². The molecule has 128 valence electrons. The lowest BCUT2D eigenvalue weighted by molar-refractivity contribution is -0.139. The quantitative estimate of drug-likeness (QED) is 0.725. The van der Waals surface area contributed by atoms with Crippen molar-refractivity contribution in [3.63, 3.8) is 0 Å². The molecular weight excluding hydrogens is 366 g/mol. The summed E-state index contributed by atoms with van der Waals surface area (Å²) in [7, 11) is 0. The second kappa shape index (κ2) is 7.27. The van der Waals surface area contributed by atoms with E-state index >= 15 is 0 Å². The van der Waals surface area contributed by atoms with E-state index < -0.39 is 18.6 Å². The van der Waals surface area contributed by atoms with Crippen LogP contribution in [0.15, 0.2) is 43.1 Å². The van der Waals surface area contributed by atoms with E-state index in [1.165, 1.54) is 29.1 Å². The summed E-state index contributed by atoms with van der Waals surface area (Å²) in [6.07, 6.45) is -1.84. The first-order chi connectivity index (χ1) is 11.2. The van der Waals surface area contributed by atoms with E-state index in [0.717, 1.165) is 0 Å². The molecule has 1 amide bonds. The van der Waals surface area contributed by atoms with Gasteiger partial charge in [0, 0.05) is 12.7 Å². The van der Waals surface area contributed by atoms with Gasteiger partial charge in [0.2, 0.25) is 0 Å². The Morgan fingerprint density at radius 2 is 2.00 bits per heavy atom. The first kappa shape index (κ1) is 18.4. The van der Waals surface area contributed by atoms with E-state index in [9.17, 15) is 18.0 Å². The number of carbonyl (C=O) groups is 1. The molecular formula is C15H12Cl2F3N3O. The fourth-order valence-corrected chi connectivity index (χ4v) is 2.26. The lowest BCUT2D eigenvalue weighted by Gasteiger charge is -2.21. The number of rotatable bonds is 5. The van der Waals surface area contributed by atoms with Crippen LogP contribution in [0.25, 0.3) is 5.69 Å². The van der Waals surface area contributed by atoms with E-state index in [1.54, 1.807) is 12.1 Å². The van der Waals surface area contributed by atoms with Crippen LogP contribution in [-0.4, -0.2) is 39.9 Å². The Hall–Kier alpha value is -1.99. The molecule has 0 unspecified atom stereocenters. The molecule has 0 saturated carbocycles. The molecule has 9 heteroatoms. The standard InChI is InChI=1S/C15H12Cl2F3N3O/c1-2-6-22(9-15(18,19)20)14(24)13-5-7-23(21-13)10-3-4-11(16)12(17)8-10/h2-5,7-8H,1,6,9H2. The number of hydrogen-bond donors (Lipinski definition) is 0. The molecule has 1 aromatic carbocycles. The Kier molecular flexibility index (Phi) is 5.56. The van der Waals surface area contributed by atoms with Crippen molar-refractivity contribution in [1.82, 2.24) is 14.7 Å². The third-order valence-corrected chi connectivity index (χ3v) is 3.72. The van der Waals surface area contributed by atoms with Gasteiger partial charge in [-0.05, 0) is 24.3 Å². The Morgan fingerprint density at radius 1 is 1.29 bits per heavy atom. The number of carbonyl (C=O) groups excluding carboxylic acids is 1. The first-order valence-corrected chi connectivity index (χ1v) is 7.45. The van der Waals surface area contributed by atoms with Gasteiger partial charge in [-0.25, -0.2) is 4.68 Å². The zero-order valence-corrected chi connectivity index (χ0v) is 13.7. The van der Waals surface area contributed by atoms with Crippen molar-refractivity contribution < 1.29 is 18.0 Å². The van der Waals surface area contributed by atoms with Crippen LogP contribution >= 0.6 is 23.2 Å². The summed E-state index contributed by atoms with van der Waals surface area (Å²) >= 11 is 11.7. The van der Waals surface area contributed by atoms with Crippen LogP contribution in [0.2, 0.25) is 10.0 Å². The lowest BCUT2D eigenvalue weighted by atomic mass is 10.3. The summed E-state index contributed by atoms with van der Waals surface area (Å²) in [4.78, 5) is 12.9. The Labute approximate surface area is 146 Å². The minimum absolute atomic E-state index is 0.118. The van der Waals surface area contributed by atoms with Crippen molar-refractivity contribution in [2.45, 2.75) is 6.18 Å². The number of aromatic nitrogens is 2. The fourth-order valence-electron chi connectivity index (χ4n) is 1.96. The van der Waals surface area contributed by atoms with E-state index in [0.29, 0.717) is 20.6 Å². The number of hydrogen-bond acceptors (Lipinski definition) is 2. The predicted molar refractivity (Wildman–Crippen MR) is 85.7 cm³/mol. The van der Waals surface area contributed by atoms with Gasteiger partial charge in [-0.15, -0.1) is 6.58 Å². The van der Waals surface area contributed by atoms with Gasteiger partial charge >= 0.3 is 6.18 Å². The highest BCUT2D eigenvalue weighted by Gasteiger charge is 2.33. The van der Waals surface area contributed by atoms with Crippen molar-refractivity contribution in [2.24, 2.45) is 0 Å². The third-order valence-electron chi connectivity index (χ3n) is 2.98. The van der Waals surface area contributed by atoms with Crippen molar-refractivity contribution in [3.05, 3.63) is 58.9 Å². The third kappa shape index (κ3) is 4.52. The second-order valence-corrected chi connectivity index (χ2v) is 5.65. The molecule has 0 atom stereocenters. The maximum Gasteiger partial charge on any atom is 0.406 e. The highest BCUT2D eigenvalue weighted by Crippen LogP contribution is 2.24. The average molecular weight is 378 g/mol. The maximum absolute atomic E-state index is 12.6. The Balaban J connectivity index is 2.25. The monoisotopic (exact) mass is 377 g/mol. The van der Waals surface area contributed by atoms with E-state index in [-0.39, 0.29) is 12.2 Å². The van der Waals surface area contributed by atoms with Gasteiger partial charge in [0.15, 0.2) is 5.69 Å². The van der Waals surface area contributed by atoms with Crippen LogP contribution < -0.4 is 0 Å². The Morgan fingerprint density at radius 3 is 2.58 bits per heavy atom. The summed E-state index contributed by atoms with van der Waals surface area (Å²) in [5.74, 6) is -0.842. The van der Waals surface area contributed by atoms with E-state index in [1.807, 2.05) is 0 Å². The molecule has 0 radical (unpaired) electrons. The smallest absolute Gasteiger partial charge is 0.324 e. The van der Waals surface area contributed by atoms with Crippen molar-refractivity contribution in [1.29, 1.82) is 0 Å². The molecule has 0 aliphatic carbocycles. The van der Waals surface area contributed by atoms with Gasteiger partial charge in [-0.1, -0.05) is 29.3 Å². The van der Waals surface area contributed by atoms with Crippen LogP contribution in [0.3, 0.4) is 0 Å². The number of nitrogens with zero attached hydrogens (tertiary/aromatic N) is 3. The zero-order valence-electron chi connectivity index (χ0n) is 12.2. The first-order valence-electron chi connectivity index (χ1n) is 6.69. The molecule has 0 fully saturated rings. The Bertz CT molecular complexity index is 759. The molecule has 0 aliphatic heterocycles. The van der Waals surface area contributed by atoms with Gasteiger partial charge in [0.05, 0.1) is 15.7 Å². The number of halogens is 5. The van der Waals surface area contributed by atoms with Crippen molar-refractivity contribution in [3.8, 4) is 5.69 Å². The summed E-state index contributed by atoms with van der Waals surface area (Å²) < 4.78 is 39.1. The average Bonchev–Trinajstić information content (AvgIpc) is 2.97. The maximum atomic E-state index is 12.6. The molecule has 0 saturated heterocycles. The molecule has 0 aliphatic rings. The molecule has 0 bridgehead atoms. The number of alkyl halides is 3. The molecule has 1 aromatic heterocycles. The summed E-state index contributed by atoms with van der Waals surface area (Å²) in [5, 5.41) is 4.65. The van der Waals surface area contributed by atoms with Crippen LogP contribution in [0.4, 0.5) is 13.2 Å². The minimum Gasteiger partial charge on any atom is -0.324 e. The molecule has 1 heterocycles. The van der Waals surface area contributed by atoms with Gasteiger partial charge in [-0.3, -0.25) is 4.79 Å². The number of amides is 1. The van der Waals surface area contributed by atoms with Crippen LogP contribution in [0.1, 0.15) is 10.5 Å². The van der Waals surface area contributed by atoms with Crippen molar-refractivity contribution in [2.75, 3.05) is 13.1 Å². The summed E-state index contributed by atoms with van der Waals surface area (Å²) in [6.45, 7) is 1.75. The fraction of sp³-hybridized carbons (Fsp3) is 0.200. The highest BCUT2D eigenvalue weighted by molar-refractivity contribution is 6.42. The molecule has 2 aromatic rings. The molecule has 0 spiro atoms. The SMILES string of the molecule is C=CCN(CC(F)(F)F)C(=O)c1ccn(-c2ccc(Cl)c(Cl)c2)n1. The number of benzene rings is 1. The second-order valence-electron chi connectivity index (χ2n) is 4.83. The largest absolute Gasteiger partial charge is 0.406 e. The topological polar surface area (TPSA) is 38.1 Å². The van der Waals surface area contributed by atoms with Crippen LogP contribution in [0, 0.1) is 0 Å². The minimum atomic E-state index is -4.51. The van der Waals surface area contributed by atoms with Gasteiger partial charge in [-0.2, -0.15) is 18.3 Å². The molecule has 24 heavy (non-hydrogen) atoms. The predicted octanol–water partition coefficient (Wildman–Crippen LogP) is 4.37. The molecule has 2 rings (SSSR count). The normalized spacial score (nSPS) is 11.4. The van der Waals surface area contributed by atoms with Gasteiger partial charge in [0.1, 0.15) is 6.54 Å². The summed E-state index contributed by atoms with van der Waals surface area (Å²) in [6, 6.07) is 6.03. The molecule has 4 nitrogen and oxygen atoms in total. The lowest BCUT2D eigenvalue weighted by Crippen LogP contribution is -2.39. The molecule has 0 N–H and O–H groups in total. The zero-order chi connectivity index (χ0) is 17.9. The highest BCUT2D eigenvalue weighted by atomic mass is 35.5. The van der Waals surface area contributed by atoms with Crippen LogP contribution in [0.5, 0.6) is 0 Å². The van der Waals surface area contributed by atoms with E-state index in [4.69, 9.17) is 23.2 Å². The van der Waals surface area contributed by atoms with Crippen molar-refractivity contribution >= 4 is 29.1 Å².